The van der Waals surface area contributed by atoms with Crippen LogP contribution in [0.3, 0.4) is 0 Å². The van der Waals surface area contributed by atoms with Gasteiger partial charge in [0.1, 0.15) is 0 Å². The molecule has 0 amide bonds. The smallest absolute Gasteiger partial charge is 0.266 e. The quantitative estimate of drug-likeness (QED) is 0.329. The Balaban J connectivity index is 2.54. The second kappa shape index (κ2) is 10.8. The average molecular weight is 394 g/mol. The Morgan fingerprint density at radius 2 is 1.93 bits per heavy atom. The summed E-state index contributed by atoms with van der Waals surface area (Å²) in [5.41, 5.74) is 5.53. The number of hydrogen-bond donors (Lipinski definition) is 2. The van der Waals surface area contributed by atoms with E-state index >= 15 is 0 Å². The Morgan fingerprint density at radius 3 is 2.56 bits per heavy atom. The highest BCUT2D eigenvalue weighted by Gasteiger charge is 2.26. The molecule has 0 spiro atoms. The minimum absolute atomic E-state index is 0.238. The van der Waals surface area contributed by atoms with Crippen LogP contribution in [0.15, 0.2) is 58.7 Å². The zero-order valence-corrected chi connectivity index (χ0v) is 18.2. The molecule has 4 nitrogen and oxygen atoms in total. The highest BCUT2D eigenvalue weighted by atomic mass is 32.2. The molecule has 0 heterocycles. The van der Waals surface area contributed by atoms with E-state index in [-0.39, 0.29) is 17.7 Å². The van der Waals surface area contributed by atoms with E-state index in [0.717, 1.165) is 5.57 Å². The molecule has 0 aromatic carbocycles. The summed E-state index contributed by atoms with van der Waals surface area (Å²) in [5, 5.41) is 2.96. The first-order valence-electron chi connectivity index (χ1n) is 9.57. The Labute approximate surface area is 165 Å². The zero-order chi connectivity index (χ0) is 20.5. The second-order valence-electron chi connectivity index (χ2n) is 7.97. The lowest BCUT2D eigenvalue weighted by Crippen LogP contribution is -2.22. The van der Waals surface area contributed by atoms with Gasteiger partial charge in [-0.1, -0.05) is 67.0 Å². The van der Waals surface area contributed by atoms with Crippen LogP contribution in [0.5, 0.6) is 0 Å². The third-order valence-corrected chi connectivity index (χ3v) is 5.60. The molecule has 0 aromatic rings. The first kappa shape index (κ1) is 23.6. The van der Waals surface area contributed by atoms with Crippen molar-refractivity contribution in [2.24, 2.45) is 5.41 Å². The van der Waals surface area contributed by atoms with Crippen molar-refractivity contribution in [3.63, 3.8) is 0 Å². The molecule has 0 aliphatic heterocycles. The molecule has 0 aromatic heterocycles. The number of allylic oxidation sites excluding steroid dienone is 9. The highest BCUT2D eigenvalue weighted by Crippen LogP contribution is 2.40. The van der Waals surface area contributed by atoms with Gasteiger partial charge in [0.2, 0.25) is 0 Å². The normalized spacial score (nSPS) is 19.5. The van der Waals surface area contributed by atoms with Crippen molar-refractivity contribution in [3.8, 4) is 0 Å². The van der Waals surface area contributed by atoms with Crippen molar-refractivity contribution in [1.29, 1.82) is 0 Å². The first-order chi connectivity index (χ1) is 12.5. The van der Waals surface area contributed by atoms with Crippen molar-refractivity contribution in [1.82, 2.24) is 5.32 Å². The fraction of sp³-hybridized carbons (Fsp3) is 0.545. The third kappa shape index (κ3) is 9.89. The van der Waals surface area contributed by atoms with E-state index in [1.54, 1.807) is 0 Å². The van der Waals surface area contributed by atoms with Gasteiger partial charge in [-0.3, -0.25) is 4.55 Å². The van der Waals surface area contributed by atoms with Crippen LogP contribution < -0.4 is 5.32 Å². The Hall–Kier alpha value is -1.43. The van der Waals surface area contributed by atoms with Gasteiger partial charge in [0.05, 0.1) is 5.75 Å². The molecule has 27 heavy (non-hydrogen) atoms. The summed E-state index contributed by atoms with van der Waals surface area (Å²) in [6.45, 7) is 11.8. The molecule has 0 unspecified atom stereocenters. The summed E-state index contributed by atoms with van der Waals surface area (Å²) in [4.78, 5) is 0. The van der Waals surface area contributed by atoms with Gasteiger partial charge >= 0.3 is 0 Å². The molecule has 0 fully saturated rings. The lowest BCUT2D eigenvalue weighted by Gasteiger charge is -2.32. The van der Waals surface area contributed by atoms with E-state index < -0.39 is 10.1 Å². The van der Waals surface area contributed by atoms with Crippen LogP contribution in [0.4, 0.5) is 0 Å². The van der Waals surface area contributed by atoms with Crippen LogP contribution in [-0.2, 0) is 10.1 Å². The fourth-order valence-electron chi connectivity index (χ4n) is 3.24. The van der Waals surface area contributed by atoms with Crippen LogP contribution in [0.1, 0.15) is 53.9 Å². The third-order valence-electron chi connectivity index (χ3n) is 4.88. The SMILES string of the molecule is CC1=C(/C=C/C(C)=C/C=C/C(C)=C/CNCCS(=O)(=O)O)C(C)(C)CCC1. The van der Waals surface area contributed by atoms with Crippen molar-refractivity contribution in [2.45, 2.75) is 53.9 Å². The first-order valence-corrected chi connectivity index (χ1v) is 11.2. The van der Waals surface area contributed by atoms with Crippen LogP contribution in [-0.4, -0.2) is 31.8 Å². The predicted molar refractivity (Wildman–Crippen MR) is 115 cm³/mol. The summed E-state index contributed by atoms with van der Waals surface area (Å²) >= 11 is 0. The van der Waals surface area contributed by atoms with Gasteiger partial charge in [-0.2, -0.15) is 8.42 Å². The van der Waals surface area contributed by atoms with Gasteiger partial charge in [-0.05, 0) is 51.0 Å². The van der Waals surface area contributed by atoms with E-state index in [9.17, 15) is 8.42 Å². The van der Waals surface area contributed by atoms with Crippen LogP contribution in [0, 0.1) is 5.41 Å². The standard InChI is InChI=1S/C22H35NO3S/c1-18(11-12-21-20(3)10-7-14-22(21,4)5)8-6-9-19(2)13-15-23-16-17-27(24,25)26/h6,8-9,11-13,23H,7,10,14-17H2,1-5H3,(H,24,25,26)/b9-6+,12-11+,18-8+,19-13+. The number of rotatable bonds is 9. The summed E-state index contributed by atoms with van der Waals surface area (Å²) in [6.07, 6.45) is 16.3. The number of hydrogen-bond acceptors (Lipinski definition) is 3. The van der Waals surface area contributed by atoms with Crippen molar-refractivity contribution in [2.75, 3.05) is 18.8 Å². The van der Waals surface area contributed by atoms with Gasteiger partial charge in [0, 0.05) is 13.1 Å². The molecule has 2 N–H and O–H groups in total. The van der Waals surface area contributed by atoms with Gasteiger partial charge in [0.25, 0.3) is 10.1 Å². The second-order valence-corrected chi connectivity index (χ2v) is 9.54. The molecule has 0 atom stereocenters. The number of nitrogens with one attached hydrogen (secondary N) is 1. The summed E-state index contributed by atoms with van der Waals surface area (Å²) in [7, 11) is -3.89. The molecular formula is C22H35NO3S. The monoisotopic (exact) mass is 393 g/mol. The van der Waals surface area contributed by atoms with Crippen LogP contribution >= 0.6 is 0 Å². The Bertz CT molecular complexity index is 750. The summed E-state index contributed by atoms with van der Waals surface area (Å²) in [5.74, 6) is -0.267. The molecule has 1 rings (SSSR count). The maximum atomic E-state index is 10.6. The topological polar surface area (TPSA) is 66.4 Å². The van der Waals surface area contributed by atoms with E-state index in [0.29, 0.717) is 6.54 Å². The Morgan fingerprint density at radius 1 is 1.22 bits per heavy atom. The largest absolute Gasteiger partial charge is 0.312 e. The zero-order valence-electron chi connectivity index (χ0n) is 17.4. The fourth-order valence-corrected chi connectivity index (χ4v) is 3.64. The van der Waals surface area contributed by atoms with Gasteiger partial charge in [-0.15, -0.1) is 0 Å². The lowest BCUT2D eigenvalue weighted by atomic mass is 9.72. The molecule has 0 saturated carbocycles. The van der Waals surface area contributed by atoms with Crippen molar-refractivity contribution >= 4 is 10.1 Å². The van der Waals surface area contributed by atoms with Crippen LogP contribution in [0.2, 0.25) is 0 Å². The molecular weight excluding hydrogens is 358 g/mol. The maximum Gasteiger partial charge on any atom is 0.266 e. The minimum Gasteiger partial charge on any atom is -0.312 e. The van der Waals surface area contributed by atoms with Gasteiger partial charge < -0.3 is 5.32 Å². The molecule has 0 saturated heterocycles. The van der Waals surface area contributed by atoms with Gasteiger partial charge in [-0.25, -0.2) is 0 Å². The summed E-state index contributed by atoms with van der Waals surface area (Å²) in [6, 6.07) is 0. The predicted octanol–water partition coefficient (Wildman–Crippen LogP) is 5.00. The van der Waals surface area contributed by atoms with E-state index in [4.69, 9.17) is 4.55 Å². The Kier molecular flexibility index (Phi) is 9.43. The van der Waals surface area contributed by atoms with E-state index in [2.05, 4.69) is 51.2 Å². The lowest BCUT2D eigenvalue weighted by molar-refractivity contribution is 0.377. The highest BCUT2D eigenvalue weighted by molar-refractivity contribution is 7.85. The molecule has 152 valence electrons. The molecule has 1 aliphatic rings. The van der Waals surface area contributed by atoms with E-state index in [1.165, 1.54) is 36.0 Å². The van der Waals surface area contributed by atoms with Crippen LogP contribution in [0.25, 0.3) is 0 Å². The van der Waals surface area contributed by atoms with Crippen molar-refractivity contribution < 1.29 is 13.0 Å². The average Bonchev–Trinajstić information content (AvgIpc) is 2.52. The molecule has 1 aliphatic carbocycles. The van der Waals surface area contributed by atoms with Crippen molar-refractivity contribution in [3.05, 3.63) is 58.7 Å². The molecule has 0 radical (unpaired) electrons. The van der Waals surface area contributed by atoms with Gasteiger partial charge in [0.15, 0.2) is 0 Å². The summed E-state index contributed by atoms with van der Waals surface area (Å²) < 4.78 is 29.9. The minimum atomic E-state index is -3.89. The molecule has 0 bridgehead atoms. The maximum absolute atomic E-state index is 10.6. The van der Waals surface area contributed by atoms with E-state index in [1.807, 2.05) is 25.2 Å². The molecule has 5 heteroatoms.